The highest BCUT2D eigenvalue weighted by atomic mass is 19.4. The first-order valence-electron chi connectivity index (χ1n) is 6.18. The largest absolute Gasteiger partial charge is 0.418 e. The smallest absolute Gasteiger partial charge is 0.399 e. The van der Waals surface area contributed by atoms with Crippen molar-refractivity contribution < 1.29 is 17.9 Å². The molecular formula is C13H17F3N2O. The van der Waals surface area contributed by atoms with E-state index in [0.717, 1.165) is 25.3 Å². The van der Waals surface area contributed by atoms with E-state index in [2.05, 4.69) is 5.32 Å². The topological polar surface area (TPSA) is 47.3 Å². The maximum atomic E-state index is 13.0. The van der Waals surface area contributed by atoms with Crippen molar-refractivity contribution in [2.75, 3.05) is 18.2 Å². The van der Waals surface area contributed by atoms with Gasteiger partial charge in [0.05, 0.1) is 17.7 Å². The molecule has 6 heteroatoms. The van der Waals surface area contributed by atoms with E-state index in [1.54, 1.807) is 7.11 Å². The number of ether oxygens (including phenoxy) is 1. The van der Waals surface area contributed by atoms with Gasteiger partial charge >= 0.3 is 6.18 Å². The molecule has 0 aromatic heterocycles. The van der Waals surface area contributed by atoms with Crippen molar-refractivity contribution in [3.05, 3.63) is 23.8 Å². The van der Waals surface area contributed by atoms with Gasteiger partial charge in [0.15, 0.2) is 0 Å². The van der Waals surface area contributed by atoms with Crippen molar-refractivity contribution in [2.24, 2.45) is 0 Å². The lowest BCUT2D eigenvalue weighted by Gasteiger charge is -2.23. The minimum Gasteiger partial charge on any atom is -0.399 e. The molecule has 2 atom stereocenters. The van der Waals surface area contributed by atoms with Gasteiger partial charge in [0.2, 0.25) is 0 Å². The number of nitrogens with two attached hydrogens (primary N) is 1. The second-order valence-electron chi connectivity index (χ2n) is 4.76. The summed E-state index contributed by atoms with van der Waals surface area (Å²) >= 11 is 0. The van der Waals surface area contributed by atoms with E-state index < -0.39 is 11.7 Å². The highest BCUT2D eigenvalue weighted by Gasteiger charge is 2.35. The summed E-state index contributed by atoms with van der Waals surface area (Å²) in [5, 5.41) is 2.94. The molecule has 0 radical (unpaired) electrons. The second kappa shape index (κ2) is 5.28. The third kappa shape index (κ3) is 3.12. The van der Waals surface area contributed by atoms with E-state index >= 15 is 0 Å². The predicted molar refractivity (Wildman–Crippen MR) is 67.9 cm³/mol. The average molecular weight is 274 g/mol. The van der Waals surface area contributed by atoms with Gasteiger partial charge in [0, 0.05) is 18.5 Å². The maximum absolute atomic E-state index is 13.0. The fraction of sp³-hybridized carbons (Fsp3) is 0.538. The molecule has 2 rings (SSSR count). The minimum atomic E-state index is -4.42. The fourth-order valence-electron chi connectivity index (χ4n) is 2.50. The Morgan fingerprint density at radius 1 is 1.32 bits per heavy atom. The molecule has 106 valence electrons. The first kappa shape index (κ1) is 14.0. The number of rotatable bonds is 3. The van der Waals surface area contributed by atoms with Crippen LogP contribution < -0.4 is 11.1 Å². The molecule has 1 aromatic rings. The molecule has 1 aliphatic carbocycles. The highest BCUT2D eigenvalue weighted by Crippen LogP contribution is 2.37. The molecule has 1 aliphatic rings. The van der Waals surface area contributed by atoms with Gasteiger partial charge < -0.3 is 15.8 Å². The van der Waals surface area contributed by atoms with Crippen LogP contribution >= 0.6 is 0 Å². The predicted octanol–water partition coefficient (Wildman–Crippen LogP) is 3.27. The van der Waals surface area contributed by atoms with Crippen LogP contribution in [0.25, 0.3) is 0 Å². The summed E-state index contributed by atoms with van der Waals surface area (Å²) in [6, 6.07) is 3.71. The van der Waals surface area contributed by atoms with Crippen LogP contribution in [0.1, 0.15) is 24.8 Å². The van der Waals surface area contributed by atoms with Crippen molar-refractivity contribution >= 4 is 11.4 Å². The van der Waals surface area contributed by atoms with Gasteiger partial charge in [0.1, 0.15) is 0 Å². The van der Waals surface area contributed by atoms with Crippen LogP contribution in [0.15, 0.2) is 18.2 Å². The van der Waals surface area contributed by atoms with Crippen LogP contribution in [-0.2, 0) is 10.9 Å². The Bertz CT molecular complexity index is 448. The molecule has 0 amide bonds. The Kier molecular flexibility index (Phi) is 3.89. The van der Waals surface area contributed by atoms with Crippen LogP contribution in [0.2, 0.25) is 0 Å². The molecule has 0 aliphatic heterocycles. The summed E-state index contributed by atoms with van der Waals surface area (Å²) in [7, 11) is 1.58. The molecule has 0 heterocycles. The van der Waals surface area contributed by atoms with Gasteiger partial charge in [-0.15, -0.1) is 0 Å². The Morgan fingerprint density at radius 2 is 2.05 bits per heavy atom. The second-order valence-corrected chi connectivity index (χ2v) is 4.76. The summed E-state index contributed by atoms with van der Waals surface area (Å²) in [6.45, 7) is 0. The van der Waals surface area contributed by atoms with Crippen LogP contribution in [-0.4, -0.2) is 19.3 Å². The van der Waals surface area contributed by atoms with Gasteiger partial charge in [-0.25, -0.2) is 0 Å². The normalized spacial score (nSPS) is 23.6. The monoisotopic (exact) mass is 274 g/mol. The first-order valence-corrected chi connectivity index (χ1v) is 6.18. The summed E-state index contributed by atoms with van der Waals surface area (Å²) in [4.78, 5) is 0. The quantitative estimate of drug-likeness (QED) is 0.832. The standard InChI is InChI=1S/C13H17F3N2O/c1-19-12-4-2-3-11(12)18-10-6-5-8(17)7-9(10)13(14,15)16/h5-7,11-12,18H,2-4,17H2,1H3. The molecule has 19 heavy (non-hydrogen) atoms. The number of hydrogen-bond donors (Lipinski definition) is 2. The van der Waals surface area contributed by atoms with E-state index in [1.807, 2.05) is 0 Å². The number of nitrogens with one attached hydrogen (secondary N) is 1. The van der Waals surface area contributed by atoms with Crippen LogP contribution in [0.4, 0.5) is 24.5 Å². The van der Waals surface area contributed by atoms with Gasteiger partial charge in [-0.2, -0.15) is 13.2 Å². The van der Waals surface area contributed by atoms with Crippen molar-refractivity contribution in [1.29, 1.82) is 0 Å². The van der Waals surface area contributed by atoms with E-state index in [0.29, 0.717) is 0 Å². The van der Waals surface area contributed by atoms with Crippen LogP contribution in [0, 0.1) is 0 Å². The summed E-state index contributed by atoms with van der Waals surface area (Å²) < 4.78 is 44.1. The zero-order valence-corrected chi connectivity index (χ0v) is 10.6. The van der Waals surface area contributed by atoms with Crippen LogP contribution in [0.3, 0.4) is 0 Å². The Morgan fingerprint density at radius 3 is 2.68 bits per heavy atom. The maximum Gasteiger partial charge on any atom is 0.418 e. The number of halogens is 3. The van der Waals surface area contributed by atoms with E-state index in [1.165, 1.54) is 12.1 Å². The van der Waals surface area contributed by atoms with Crippen molar-refractivity contribution in [1.82, 2.24) is 0 Å². The van der Waals surface area contributed by atoms with Crippen molar-refractivity contribution in [3.63, 3.8) is 0 Å². The number of benzene rings is 1. The third-order valence-corrected chi connectivity index (χ3v) is 3.45. The van der Waals surface area contributed by atoms with Crippen molar-refractivity contribution in [3.8, 4) is 0 Å². The molecule has 1 saturated carbocycles. The van der Waals surface area contributed by atoms with E-state index in [4.69, 9.17) is 10.5 Å². The van der Waals surface area contributed by atoms with Gasteiger partial charge in [0.25, 0.3) is 0 Å². The molecule has 1 fully saturated rings. The Hall–Kier alpha value is -1.43. The number of alkyl halides is 3. The molecule has 3 nitrogen and oxygen atoms in total. The zero-order valence-electron chi connectivity index (χ0n) is 10.6. The summed E-state index contributed by atoms with van der Waals surface area (Å²) in [6.07, 6.45) is -1.84. The van der Waals surface area contributed by atoms with Crippen molar-refractivity contribution in [2.45, 2.75) is 37.6 Å². The Balaban J connectivity index is 2.25. The SMILES string of the molecule is COC1CCCC1Nc1ccc(N)cc1C(F)(F)F. The fourth-order valence-corrected chi connectivity index (χ4v) is 2.50. The van der Waals surface area contributed by atoms with E-state index in [9.17, 15) is 13.2 Å². The third-order valence-electron chi connectivity index (χ3n) is 3.45. The number of hydrogen-bond acceptors (Lipinski definition) is 3. The molecule has 1 aromatic carbocycles. The lowest BCUT2D eigenvalue weighted by atomic mass is 10.1. The molecular weight excluding hydrogens is 257 g/mol. The van der Waals surface area contributed by atoms with Gasteiger partial charge in [-0.05, 0) is 37.5 Å². The van der Waals surface area contributed by atoms with Crippen LogP contribution in [0.5, 0.6) is 0 Å². The lowest BCUT2D eigenvalue weighted by molar-refractivity contribution is -0.136. The molecule has 2 unspecified atom stereocenters. The number of methoxy groups -OCH3 is 1. The molecule has 3 N–H and O–H groups in total. The Labute approximate surface area is 109 Å². The number of nitrogen functional groups attached to an aromatic ring is 1. The highest BCUT2D eigenvalue weighted by molar-refractivity contribution is 5.59. The van der Waals surface area contributed by atoms with Gasteiger partial charge in [-0.3, -0.25) is 0 Å². The zero-order chi connectivity index (χ0) is 14.0. The summed E-state index contributed by atoms with van der Waals surface area (Å²) in [5.41, 5.74) is 4.88. The molecule has 0 bridgehead atoms. The minimum absolute atomic E-state index is 0.0429. The van der Waals surface area contributed by atoms with Gasteiger partial charge in [-0.1, -0.05) is 0 Å². The first-order chi connectivity index (χ1) is 8.91. The van der Waals surface area contributed by atoms with E-state index in [-0.39, 0.29) is 23.5 Å². The lowest BCUT2D eigenvalue weighted by Crippen LogP contribution is -2.30. The average Bonchev–Trinajstić information content (AvgIpc) is 2.77. The summed E-state index contributed by atoms with van der Waals surface area (Å²) in [5.74, 6) is 0. The number of anilines is 2. The molecule has 0 saturated heterocycles. The molecule has 0 spiro atoms.